The summed E-state index contributed by atoms with van der Waals surface area (Å²) >= 11 is 0. The van der Waals surface area contributed by atoms with Crippen LogP contribution in [0.25, 0.3) is 145 Å². The molecule has 0 saturated carbocycles. The lowest BCUT2D eigenvalue weighted by Crippen LogP contribution is -2.05. The first-order valence-electron chi connectivity index (χ1n) is 27.0. The van der Waals surface area contributed by atoms with Crippen LogP contribution in [-0.4, -0.2) is 39.0 Å². The molecule has 0 bridgehead atoms. The molecular formula is C66H40N8O. The monoisotopic (exact) mass is 965 g/mol. The van der Waals surface area contributed by atoms with Crippen LogP contribution in [0.2, 0.25) is 0 Å². The summed E-state index contributed by atoms with van der Waals surface area (Å²) in [7, 11) is 0. The minimum absolute atomic E-state index is 0.113. The first-order valence-corrected chi connectivity index (χ1v) is 24.5. The summed E-state index contributed by atoms with van der Waals surface area (Å²) in [6.07, 6.45) is 0. The smallest absolute Gasteiger partial charge is 0.167 e. The van der Waals surface area contributed by atoms with Crippen LogP contribution in [0.3, 0.4) is 0 Å². The molecule has 350 valence electrons. The Labute approximate surface area is 436 Å². The van der Waals surface area contributed by atoms with Crippen molar-refractivity contribution in [1.29, 1.82) is 0 Å². The van der Waals surface area contributed by atoms with Crippen molar-refractivity contribution in [3.63, 3.8) is 0 Å². The molecule has 0 amide bonds. The van der Waals surface area contributed by atoms with E-state index in [1.54, 1.807) is 0 Å². The topological polar surface area (TPSA) is 100 Å². The van der Waals surface area contributed by atoms with E-state index in [0.717, 1.165) is 76.9 Å². The fraction of sp³-hybridized carbons (Fsp3) is 0. The van der Waals surface area contributed by atoms with E-state index < -0.39 is 30.2 Å². The summed E-state index contributed by atoms with van der Waals surface area (Å²) in [6.45, 7) is 0. The zero-order chi connectivity index (χ0) is 53.8. The summed E-state index contributed by atoms with van der Waals surface area (Å²) in [5.41, 5.74) is 10.1. The van der Waals surface area contributed by atoms with Crippen LogP contribution >= 0.6 is 0 Å². The first-order chi connectivity index (χ1) is 39.3. The van der Waals surface area contributed by atoms with Crippen LogP contribution in [0.5, 0.6) is 0 Å². The fourth-order valence-electron chi connectivity index (χ4n) is 10.6. The Balaban J connectivity index is 1.06. The van der Waals surface area contributed by atoms with Crippen molar-refractivity contribution < 1.29 is 11.3 Å². The Morgan fingerprint density at radius 3 is 1.60 bits per heavy atom. The van der Waals surface area contributed by atoms with E-state index in [1.165, 1.54) is 0 Å². The summed E-state index contributed by atoms with van der Waals surface area (Å²) < 4.78 is 55.3. The molecule has 0 atom stereocenters. The van der Waals surface area contributed by atoms with E-state index in [2.05, 4.69) is 94.1 Å². The van der Waals surface area contributed by atoms with Crippen LogP contribution in [0.1, 0.15) is 6.85 Å². The molecule has 5 aromatic heterocycles. The molecule has 10 aromatic carbocycles. The van der Waals surface area contributed by atoms with Gasteiger partial charge in [-0.3, -0.25) is 0 Å². The highest BCUT2D eigenvalue weighted by molar-refractivity contribution is 6.26. The first kappa shape index (κ1) is 37.4. The van der Waals surface area contributed by atoms with E-state index >= 15 is 0 Å². The number of aromatic nitrogens is 8. The number of rotatable bonds is 8. The van der Waals surface area contributed by atoms with Crippen LogP contribution in [0.15, 0.2) is 247 Å². The van der Waals surface area contributed by atoms with Gasteiger partial charge in [-0.15, -0.1) is 0 Å². The third-order valence-electron chi connectivity index (χ3n) is 13.9. The van der Waals surface area contributed by atoms with Gasteiger partial charge in [-0.1, -0.05) is 182 Å². The minimum Gasteiger partial charge on any atom is -0.455 e. The molecule has 9 nitrogen and oxygen atoms in total. The van der Waals surface area contributed by atoms with Crippen LogP contribution in [-0.2, 0) is 0 Å². The molecule has 0 saturated heterocycles. The Bertz CT molecular complexity index is 4940. The van der Waals surface area contributed by atoms with Gasteiger partial charge >= 0.3 is 0 Å². The highest BCUT2D eigenvalue weighted by atomic mass is 16.3. The average molecular weight is 966 g/mol. The molecule has 0 spiro atoms. The summed E-state index contributed by atoms with van der Waals surface area (Å²) in [4.78, 5) is 31.0. The Morgan fingerprint density at radius 2 is 0.893 bits per heavy atom. The maximum atomic E-state index is 9.14. The van der Waals surface area contributed by atoms with Gasteiger partial charge in [-0.05, 0) is 60.7 Å². The summed E-state index contributed by atoms with van der Waals surface area (Å²) in [6, 6.07) is 68.4. The van der Waals surface area contributed by atoms with Gasteiger partial charge in [0.25, 0.3) is 0 Å². The molecular weight excluding hydrogens is 921 g/mol. The Morgan fingerprint density at radius 1 is 0.347 bits per heavy atom. The van der Waals surface area contributed by atoms with E-state index in [1.807, 2.05) is 127 Å². The van der Waals surface area contributed by atoms with E-state index in [9.17, 15) is 0 Å². The van der Waals surface area contributed by atoms with Gasteiger partial charge in [0.2, 0.25) is 0 Å². The zero-order valence-corrected chi connectivity index (χ0v) is 39.7. The quantitative estimate of drug-likeness (QED) is 0.149. The third-order valence-corrected chi connectivity index (χ3v) is 13.9. The average Bonchev–Trinajstić information content (AvgIpc) is 4.18. The second-order valence-corrected chi connectivity index (χ2v) is 18.3. The molecule has 0 unspecified atom stereocenters. The summed E-state index contributed by atoms with van der Waals surface area (Å²) in [5.74, 6) is 1.51. The minimum atomic E-state index is -0.528. The Hall–Kier alpha value is -10.4. The molecule has 0 fully saturated rings. The van der Waals surface area contributed by atoms with Gasteiger partial charge in [0.05, 0.1) is 40.2 Å². The molecule has 75 heavy (non-hydrogen) atoms. The van der Waals surface area contributed by atoms with E-state index in [0.29, 0.717) is 45.3 Å². The molecule has 5 heterocycles. The number of benzene rings is 10. The highest BCUT2D eigenvalue weighted by Gasteiger charge is 2.25. The Kier molecular flexibility index (Phi) is 8.55. The van der Waals surface area contributed by atoms with Crippen LogP contribution in [0, 0.1) is 0 Å². The molecule has 0 radical (unpaired) electrons. The predicted molar refractivity (Wildman–Crippen MR) is 302 cm³/mol. The van der Waals surface area contributed by atoms with Crippen molar-refractivity contribution in [2.45, 2.75) is 0 Å². The third kappa shape index (κ3) is 6.94. The zero-order valence-electron chi connectivity index (χ0n) is 44.7. The largest absolute Gasteiger partial charge is 0.455 e. The molecule has 15 rings (SSSR count). The maximum absolute atomic E-state index is 9.14. The lowest BCUT2D eigenvalue weighted by molar-refractivity contribution is 0.669. The van der Waals surface area contributed by atoms with Gasteiger partial charge < -0.3 is 13.6 Å². The number of nitrogens with zero attached hydrogens (tertiary/aromatic N) is 8. The summed E-state index contributed by atoms with van der Waals surface area (Å²) in [5, 5.41) is 5.97. The molecule has 0 N–H and O–H groups in total. The van der Waals surface area contributed by atoms with Crippen molar-refractivity contribution in [2.24, 2.45) is 0 Å². The lowest BCUT2D eigenvalue weighted by atomic mass is 10.0. The van der Waals surface area contributed by atoms with E-state index in [-0.39, 0.29) is 23.0 Å². The fourth-order valence-corrected chi connectivity index (χ4v) is 10.6. The van der Waals surface area contributed by atoms with Gasteiger partial charge in [0.15, 0.2) is 34.9 Å². The molecule has 0 aliphatic rings. The van der Waals surface area contributed by atoms with Crippen molar-refractivity contribution >= 4 is 65.6 Å². The van der Waals surface area contributed by atoms with Crippen LogP contribution < -0.4 is 0 Å². The van der Waals surface area contributed by atoms with Crippen molar-refractivity contribution in [3.05, 3.63) is 243 Å². The lowest BCUT2D eigenvalue weighted by Gasteiger charge is -2.17. The standard InChI is InChI=1S/C66H40N8O/c1-5-20-41(21-6-1)61-67-62(42-22-7-2-8-23-42)71-66(70-61)52-40-44(64-68-63(43-24-9-3-10-25-43)69-65(72-64)51-32-19-31-49-47-29-15-18-35-57(47)75-60(49)51)36-38-55(52)74-53-33-16-13-28-46(53)48-37-39-56-58(59(48)74)50-30-14-17-34-54(50)73(56)45-26-11-4-12-27-45/h1-40H/i3D,9D,10D,24D,25D. The van der Waals surface area contributed by atoms with E-state index in [4.69, 9.17) is 41.2 Å². The number of para-hydroxylation sites is 5. The number of fused-ring (bicyclic) bond motifs is 10. The highest BCUT2D eigenvalue weighted by Crippen LogP contribution is 2.44. The normalized spacial score (nSPS) is 12.7. The molecule has 9 heteroatoms. The predicted octanol–water partition coefficient (Wildman–Crippen LogP) is 16.2. The molecule has 0 aliphatic heterocycles. The van der Waals surface area contributed by atoms with Crippen molar-refractivity contribution in [2.75, 3.05) is 0 Å². The maximum Gasteiger partial charge on any atom is 0.167 e. The van der Waals surface area contributed by atoms with Gasteiger partial charge in [-0.25, -0.2) is 29.9 Å². The number of hydrogen-bond donors (Lipinski definition) is 0. The molecule has 0 aliphatic carbocycles. The van der Waals surface area contributed by atoms with Gasteiger partial charge in [0.1, 0.15) is 11.2 Å². The van der Waals surface area contributed by atoms with Crippen molar-refractivity contribution in [1.82, 2.24) is 39.0 Å². The van der Waals surface area contributed by atoms with Crippen molar-refractivity contribution in [3.8, 4) is 79.7 Å². The van der Waals surface area contributed by atoms with Gasteiger partial charge in [-0.2, -0.15) is 0 Å². The van der Waals surface area contributed by atoms with Gasteiger partial charge in [0, 0.05) is 65.8 Å². The number of hydrogen-bond acceptors (Lipinski definition) is 7. The second-order valence-electron chi connectivity index (χ2n) is 18.3. The molecule has 15 aromatic rings. The number of furan rings is 1. The van der Waals surface area contributed by atoms with Crippen LogP contribution in [0.4, 0.5) is 0 Å². The SMILES string of the molecule is [2H]c1c([2H])c([2H])c(-c2nc(-c3ccc(-n4c5ccccc5c5ccc6c(c7ccccc7n6-c6ccccc6)c54)c(-c4nc(-c5ccccc5)nc(-c5ccccc5)n4)c3)nc(-c3cccc4c3oc3ccccc34)n2)c([2H])c1[2H]. The second kappa shape index (κ2) is 17.1.